The zero-order valence-electron chi connectivity index (χ0n) is 9.96. The molecular weight excluding hydrogens is 270 g/mol. The number of aromatic nitrogens is 2. The van der Waals surface area contributed by atoms with Crippen LogP contribution in [0.2, 0.25) is 5.02 Å². The molecule has 0 saturated carbocycles. The van der Waals surface area contributed by atoms with E-state index in [4.69, 9.17) is 22.1 Å². The Balaban J connectivity index is 2.31. The summed E-state index contributed by atoms with van der Waals surface area (Å²) in [7, 11) is 1.25. The number of carbonyl (C=O) groups excluding carboxylic acids is 1. The van der Waals surface area contributed by atoms with Crippen LogP contribution >= 0.6 is 11.6 Å². The van der Waals surface area contributed by atoms with Gasteiger partial charge in [-0.3, -0.25) is 4.98 Å². The first-order valence-electron chi connectivity index (χ1n) is 5.24. The van der Waals surface area contributed by atoms with Crippen molar-refractivity contribution in [1.82, 2.24) is 9.97 Å². The SMILES string of the molecule is COC(=O)c1cncc(Oc2c(N)cccc2Cl)n1. The molecule has 0 fully saturated rings. The van der Waals surface area contributed by atoms with E-state index in [9.17, 15) is 4.79 Å². The zero-order chi connectivity index (χ0) is 13.8. The minimum atomic E-state index is -0.606. The molecule has 1 heterocycles. The second kappa shape index (κ2) is 5.53. The third-order valence-corrected chi connectivity index (χ3v) is 2.51. The number of benzene rings is 1. The van der Waals surface area contributed by atoms with Crippen LogP contribution in [-0.2, 0) is 4.74 Å². The van der Waals surface area contributed by atoms with Gasteiger partial charge in [-0.15, -0.1) is 0 Å². The molecule has 0 spiro atoms. The molecule has 0 radical (unpaired) electrons. The number of halogens is 1. The Labute approximate surface area is 114 Å². The largest absolute Gasteiger partial charge is 0.464 e. The van der Waals surface area contributed by atoms with Crippen molar-refractivity contribution >= 4 is 23.3 Å². The molecule has 2 rings (SSSR count). The molecule has 98 valence electrons. The molecule has 0 aliphatic heterocycles. The molecule has 0 bridgehead atoms. The van der Waals surface area contributed by atoms with E-state index in [0.29, 0.717) is 10.7 Å². The standard InChI is InChI=1S/C12H10ClN3O3/c1-18-12(17)9-5-15-6-10(16-9)19-11-7(13)3-2-4-8(11)14/h2-6H,14H2,1H3. The molecule has 0 aliphatic rings. The average molecular weight is 280 g/mol. The highest BCUT2D eigenvalue weighted by Crippen LogP contribution is 2.33. The van der Waals surface area contributed by atoms with Crippen LogP contribution < -0.4 is 10.5 Å². The molecule has 0 saturated heterocycles. The summed E-state index contributed by atoms with van der Waals surface area (Å²) in [5, 5.41) is 0.338. The fraction of sp³-hybridized carbons (Fsp3) is 0.0833. The number of carbonyl (C=O) groups is 1. The maximum Gasteiger partial charge on any atom is 0.358 e. The number of rotatable bonds is 3. The number of ether oxygens (including phenoxy) is 2. The third-order valence-electron chi connectivity index (χ3n) is 2.21. The van der Waals surface area contributed by atoms with Crippen molar-refractivity contribution in [3.63, 3.8) is 0 Å². The van der Waals surface area contributed by atoms with Crippen molar-refractivity contribution in [2.75, 3.05) is 12.8 Å². The Hall–Kier alpha value is -2.34. The molecule has 6 nitrogen and oxygen atoms in total. The smallest absolute Gasteiger partial charge is 0.358 e. The molecule has 0 atom stereocenters. The van der Waals surface area contributed by atoms with Crippen LogP contribution in [0, 0.1) is 0 Å². The Morgan fingerprint density at radius 2 is 2.16 bits per heavy atom. The number of para-hydroxylation sites is 1. The number of anilines is 1. The molecule has 0 amide bonds. The fourth-order valence-corrected chi connectivity index (χ4v) is 1.56. The van der Waals surface area contributed by atoms with E-state index in [-0.39, 0.29) is 17.3 Å². The van der Waals surface area contributed by atoms with Gasteiger partial charge in [0.2, 0.25) is 5.88 Å². The Bertz CT molecular complexity index is 599. The van der Waals surface area contributed by atoms with E-state index in [1.807, 2.05) is 0 Å². The van der Waals surface area contributed by atoms with E-state index in [0.717, 1.165) is 0 Å². The number of nitrogens with two attached hydrogens (primary N) is 1. The predicted molar refractivity (Wildman–Crippen MR) is 69.3 cm³/mol. The molecular formula is C12H10ClN3O3. The Morgan fingerprint density at radius 1 is 1.37 bits per heavy atom. The lowest BCUT2D eigenvalue weighted by Gasteiger charge is -2.09. The maximum atomic E-state index is 11.3. The molecule has 2 N–H and O–H groups in total. The van der Waals surface area contributed by atoms with Gasteiger partial charge in [0.1, 0.15) is 0 Å². The predicted octanol–water partition coefficient (Wildman–Crippen LogP) is 2.29. The van der Waals surface area contributed by atoms with Crippen LogP contribution in [0.3, 0.4) is 0 Å². The Morgan fingerprint density at radius 3 is 2.84 bits per heavy atom. The maximum absolute atomic E-state index is 11.3. The van der Waals surface area contributed by atoms with E-state index in [1.165, 1.54) is 19.5 Å². The quantitative estimate of drug-likeness (QED) is 0.685. The first-order chi connectivity index (χ1) is 9.11. The first-order valence-corrected chi connectivity index (χ1v) is 5.62. The lowest BCUT2D eigenvalue weighted by molar-refractivity contribution is 0.0592. The van der Waals surface area contributed by atoms with Gasteiger partial charge in [0.15, 0.2) is 11.4 Å². The van der Waals surface area contributed by atoms with Gasteiger partial charge < -0.3 is 15.2 Å². The number of nitrogen functional groups attached to an aromatic ring is 1. The molecule has 0 unspecified atom stereocenters. The van der Waals surface area contributed by atoms with Gasteiger partial charge in [0.25, 0.3) is 0 Å². The normalized spacial score (nSPS) is 10.0. The number of hydrogen-bond donors (Lipinski definition) is 1. The molecule has 0 aliphatic carbocycles. The van der Waals surface area contributed by atoms with E-state index in [2.05, 4.69) is 14.7 Å². The van der Waals surface area contributed by atoms with Crippen molar-refractivity contribution in [1.29, 1.82) is 0 Å². The Kier molecular flexibility index (Phi) is 3.82. The van der Waals surface area contributed by atoms with E-state index >= 15 is 0 Å². The molecule has 7 heteroatoms. The summed E-state index contributed by atoms with van der Waals surface area (Å²) in [6, 6.07) is 4.96. The third kappa shape index (κ3) is 2.92. The van der Waals surface area contributed by atoms with Crippen molar-refractivity contribution in [3.05, 3.63) is 41.3 Å². The number of esters is 1. The number of hydrogen-bond acceptors (Lipinski definition) is 6. The first kappa shape index (κ1) is 13.1. The second-order valence-corrected chi connectivity index (χ2v) is 3.90. The minimum absolute atomic E-state index is 0.0330. The highest BCUT2D eigenvalue weighted by atomic mass is 35.5. The summed E-state index contributed by atoms with van der Waals surface area (Å²) in [6.45, 7) is 0. The van der Waals surface area contributed by atoms with Crippen LogP contribution in [0.4, 0.5) is 5.69 Å². The zero-order valence-corrected chi connectivity index (χ0v) is 10.7. The van der Waals surface area contributed by atoms with Gasteiger partial charge in [-0.2, -0.15) is 0 Å². The summed E-state index contributed by atoms with van der Waals surface area (Å²) in [5.74, 6) is -0.242. The van der Waals surface area contributed by atoms with Crippen LogP contribution in [0.25, 0.3) is 0 Å². The van der Waals surface area contributed by atoms with Gasteiger partial charge in [0.05, 0.1) is 30.2 Å². The summed E-state index contributed by atoms with van der Waals surface area (Å²) in [4.78, 5) is 19.1. The summed E-state index contributed by atoms with van der Waals surface area (Å²) in [6.07, 6.45) is 2.61. The van der Waals surface area contributed by atoms with Crippen LogP contribution in [-0.4, -0.2) is 23.0 Å². The van der Waals surface area contributed by atoms with E-state index < -0.39 is 5.97 Å². The lowest BCUT2D eigenvalue weighted by atomic mass is 10.3. The second-order valence-electron chi connectivity index (χ2n) is 3.49. The van der Waals surface area contributed by atoms with E-state index in [1.54, 1.807) is 18.2 Å². The minimum Gasteiger partial charge on any atom is -0.464 e. The lowest BCUT2D eigenvalue weighted by Crippen LogP contribution is -2.05. The van der Waals surface area contributed by atoms with Crippen LogP contribution in [0.15, 0.2) is 30.6 Å². The highest BCUT2D eigenvalue weighted by molar-refractivity contribution is 6.32. The average Bonchev–Trinajstić information content (AvgIpc) is 2.42. The molecule has 1 aromatic heterocycles. The fourth-order valence-electron chi connectivity index (χ4n) is 1.34. The van der Waals surface area contributed by atoms with Gasteiger partial charge in [-0.25, -0.2) is 9.78 Å². The number of nitrogens with zero attached hydrogens (tertiary/aromatic N) is 2. The van der Waals surface area contributed by atoms with Crippen LogP contribution in [0.1, 0.15) is 10.5 Å². The van der Waals surface area contributed by atoms with Gasteiger partial charge in [-0.1, -0.05) is 17.7 Å². The van der Waals surface area contributed by atoms with Crippen molar-refractivity contribution in [2.24, 2.45) is 0 Å². The van der Waals surface area contributed by atoms with Gasteiger partial charge in [-0.05, 0) is 12.1 Å². The van der Waals surface area contributed by atoms with Crippen molar-refractivity contribution < 1.29 is 14.3 Å². The highest BCUT2D eigenvalue weighted by Gasteiger charge is 2.12. The van der Waals surface area contributed by atoms with Crippen molar-refractivity contribution in [3.8, 4) is 11.6 Å². The summed E-state index contributed by atoms with van der Waals surface area (Å²) in [5.41, 5.74) is 6.14. The molecule has 19 heavy (non-hydrogen) atoms. The molecule has 1 aromatic carbocycles. The topological polar surface area (TPSA) is 87.3 Å². The monoisotopic (exact) mass is 279 g/mol. The number of methoxy groups -OCH3 is 1. The van der Waals surface area contributed by atoms with Crippen molar-refractivity contribution in [2.45, 2.75) is 0 Å². The van der Waals surface area contributed by atoms with Gasteiger partial charge in [0, 0.05) is 0 Å². The summed E-state index contributed by atoms with van der Waals surface area (Å²) >= 11 is 5.96. The summed E-state index contributed by atoms with van der Waals surface area (Å²) < 4.78 is 9.98. The molecule has 2 aromatic rings. The van der Waals surface area contributed by atoms with Crippen LogP contribution in [0.5, 0.6) is 11.6 Å². The van der Waals surface area contributed by atoms with Gasteiger partial charge >= 0.3 is 5.97 Å².